The molecule has 0 radical (unpaired) electrons. The number of anilines is 1. The number of hydrogen-bond donors (Lipinski definition) is 1. The van der Waals surface area contributed by atoms with Crippen LogP contribution in [-0.4, -0.2) is 23.4 Å². The van der Waals surface area contributed by atoms with E-state index < -0.39 is 0 Å². The second-order valence-electron chi connectivity index (χ2n) is 6.34. The molecule has 1 heterocycles. The standard InChI is InChI=1S/C17H26N2O/c1-12-8-9-19(14(3)10-12)17(20)11-13(2)15-4-6-16(18)7-5-15/h4-7,12-14H,8-11,18H2,1-3H3. The minimum absolute atomic E-state index is 0.245. The van der Waals surface area contributed by atoms with Crippen molar-refractivity contribution in [2.24, 2.45) is 5.92 Å². The fourth-order valence-corrected chi connectivity index (χ4v) is 3.10. The van der Waals surface area contributed by atoms with Crippen molar-refractivity contribution in [3.05, 3.63) is 29.8 Å². The Labute approximate surface area is 122 Å². The number of likely N-dealkylation sites (tertiary alicyclic amines) is 1. The second kappa shape index (κ2) is 6.29. The number of carbonyl (C=O) groups is 1. The number of nitrogens with two attached hydrogens (primary N) is 1. The lowest BCUT2D eigenvalue weighted by atomic mass is 9.91. The van der Waals surface area contributed by atoms with Crippen molar-refractivity contribution in [2.45, 2.75) is 52.0 Å². The van der Waals surface area contributed by atoms with Crippen LogP contribution in [0.2, 0.25) is 0 Å². The van der Waals surface area contributed by atoms with Crippen LogP contribution in [0, 0.1) is 5.92 Å². The predicted octanol–water partition coefficient (Wildman–Crippen LogP) is 3.41. The van der Waals surface area contributed by atoms with Crippen LogP contribution in [0.4, 0.5) is 5.69 Å². The predicted molar refractivity (Wildman–Crippen MR) is 83.5 cm³/mol. The molecular weight excluding hydrogens is 248 g/mol. The summed E-state index contributed by atoms with van der Waals surface area (Å²) in [4.78, 5) is 14.5. The molecule has 2 rings (SSSR count). The monoisotopic (exact) mass is 274 g/mol. The number of nitrogen functional groups attached to an aromatic ring is 1. The number of piperidine rings is 1. The number of carbonyl (C=O) groups excluding carboxylic acids is 1. The summed E-state index contributed by atoms with van der Waals surface area (Å²) in [5.74, 6) is 1.27. The Bertz CT molecular complexity index is 455. The van der Waals surface area contributed by atoms with Gasteiger partial charge in [-0.05, 0) is 49.3 Å². The van der Waals surface area contributed by atoms with E-state index in [2.05, 4.69) is 25.7 Å². The summed E-state index contributed by atoms with van der Waals surface area (Å²) >= 11 is 0. The molecule has 3 unspecified atom stereocenters. The van der Waals surface area contributed by atoms with Gasteiger partial charge in [-0.15, -0.1) is 0 Å². The lowest BCUT2D eigenvalue weighted by Crippen LogP contribution is -2.44. The topological polar surface area (TPSA) is 46.3 Å². The van der Waals surface area contributed by atoms with E-state index in [9.17, 15) is 4.79 Å². The number of benzene rings is 1. The summed E-state index contributed by atoms with van der Waals surface area (Å²) in [7, 11) is 0. The van der Waals surface area contributed by atoms with Gasteiger partial charge in [0.2, 0.25) is 5.91 Å². The van der Waals surface area contributed by atoms with Gasteiger partial charge in [0.15, 0.2) is 0 Å². The lowest BCUT2D eigenvalue weighted by Gasteiger charge is -2.37. The molecule has 0 aliphatic carbocycles. The van der Waals surface area contributed by atoms with E-state index in [1.807, 2.05) is 24.3 Å². The van der Waals surface area contributed by atoms with E-state index in [0.717, 1.165) is 31.0 Å². The molecule has 0 bridgehead atoms. The van der Waals surface area contributed by atoms with Gasteiger partial charge in [-0.25, -0.2) is 0 Å². The summed E-state index contributed by atoms with van der Waals surface area (Å²) < 4.78 is 0. The van der Waals surface area contributed by atoms with E-state index in [0.29, 0.717) is 12.5 Å². The molecule has 0 spiro atoms. The Hall–Kier alpha value is -1.51. The quantitative estimate of drug-likeness (QED) is 0.859. The van der Waals surface area contributed by atoms with Gasteiger partial charge in [0, 0.05) is 24.7 Å². The third-order valence-corrected chi connectivity index (χ3v) is 4.44. The molecule has 3 heteroatoms. The van der Waals surface area contributed by atoms with Crippen molar-refractivity contribution in [2.75, 3.05) is 12.3 Å². The molecular formula is C17H26N2O. The van der Waals surface area contributed by atoms with Gasteiger partial charge >= 0.3 is 0 Å². The van der Waals surface area contributed by atoms with Crippen LogP contribution in [0.5, 0.6) is 0 Å². The van der Waals surface area contributed by atoms with Crippen molar-refractivity contribution < 1.29 is 4.79 Å². The zero-order valence-corrected chi connectivity index (χ0v) is 12.8. The lowest BCUT2D eigenvalue weighted by molar-refractivity contribution is -0.135. The van der Waals surface area contributed by atoms with Crippen LogP contribution < -0.4 is 5.73 Å². The van der Waals surface area contributed by atoms with Crippen LogP contribution >= 0.6 is 0 Å². The third kappa shape index (κ3) is 3.53. The summed E-state index contributed by atoms with van der Waals surface area (Å²) in [5, 5.41) is 0. The normalized spacial score (nSPS) is 24.4. The molecule has 3 atom stereocenters. The third-order valence-electron chi connectivity index (χ3n) is 4.44. The first-order chi connectivity index (χ1) is 9.47. The van der Waals surface area contributed by atoms with Gasteiger partial charge < -0.3 is 10.6 Å². The van der Waals surface area contributed by atoms with E-state index in [1.165, 1.54) is 5.56 Å². The molecule has 1 fully saturated rings. The molecule has 1 aliphatic rings. The molecule has 1 amide bonds. The average Bonchev–Trinajstić information content (AvgIpc) is 2.39. The highest BCUT2D eigenvalue weighted by Crippen LogP contribution is 2.26. The maximum Gasteiger partial charge on any atom is 0.223 e. The molecule has 3 nitrogen and oxygen atoms in total. The maximum absolute atomic E-state index is 12.5. The van der Waals surface area contributed by atoms with E-state index >= 15 is 0 Å². The van der Waals surface area contributed by atoms with Crippen molar-refractivity contribution in [1.82, 2.24) is 4.90 Å². The summed E-state index contributed by atoms with van der Waals surface area (Å²) in [6.45, 7) is 7.47. The summed E-state index contributed by atoms with van der Waals surface area (Å²) in [6, 6.07) is 8.23. The highest BCUT2D eigenvalue weighted by molar-refractivity contribution is 5.77. The van der Waals surface area contributed by atoms with Crippen molar-refractivity contribution in [3.8, 4) is 0 Å². The number of nitrogens with zero attached hydrogens (tertiary/aromatic N) is 1. The molecule has 0 saturated carbocycles. The Kier molecular flexibility index (Phi) is 4.69. The van der Waals surface area contributed by atoms with Crippen LogP contribution in [0.1, 0.15) is 51.5 Å². The molecule has 110 valence electrons. The highest BCUT2D eigenvalue weighted by Gasteiger charge is 2.27. The summed E-state index contributed by atoms with van der Waals surface area (Å²) in [5.41, 5.74) is 7.66. The molecule has 1 aromatic rings. The first-order valence-electron chi connectivity index (χ1n) is 7.62. The number of amides is 1. The molecule has 1 aliphatic heterocycles. The van der Waals surface area contributed by atoms with E-state index in [4.69, 9.17) is 5.73 Å². The minimum atomic E-state index is 0.245. The van der Waals surface area contributed by atoms with Crippen molar-refractivity contribution in [3.63, 3.8) is 0 Å². The molecule has 0 aromatic heterocycles. The molecule has 1 aromatic carbocycles. The van der Waals surface area contributed by atoms with Gasteiger partial charge in [-0.1, -0.05) is 26.0 Å². The maximum atomic E-state index is 12.5. The fourth-order valence-electron chi connectivity index (χ4n) is 3.10. The Morgan fingerprint density at radius 3 is 2.60 bits per heavy atom. The fraction of sp³-hybridized carbons (Fsp3) is 0.588. The Morgan fingerprint density at radius 2 is 2.00 bits per heavy atom. The van der Waals surface area contributed by atoms with Crippen LogP contribution in [0.25, 0.3) is 0 Å². The zero-order chi connectivity index (χ0) is 14.7. The van der Waals surface area contributed by atoms with Gasteiger partial charge in [0.25, 0.3) is 0 Å². The number of rotatable bonds is 3. The first kappa shape index (κ1) is 14.9. The number of hydrogen-bond acceptors (Lipinski definition) is 2. The molecule has 1 saturated heterocycles. The second-order valence-corrected chi connectivity index (χ2v) is 6.34. The SMILES string of the molecule is CC1CCN(C(=O)CC(C)c2ccc(N)cc2)C(C)C1. The molecule has 2 N–H and O–H groups in total. The first-order valence-corrected chi connectivity index (χ1v) is 7.62. The van der Waals surface area contributed by atoms with Crippen molar-refractivity contribution in [1.29, 1.82) is 0 Å². The average molecular weight is 274 g/mol. The summed E-state index contributed by atoms with van der Waals surface area (Å²) in [6.07, 6.45) is 2.84. The van der Waals surface area contributed by atoms with E-state index in [-0.39, 0.29) is 11.8 Å². The van der Waals surface area contributed by atoms with E-state index in [1.54, 1.807) is 0 Å². The minimum Gasteiger partial charge on any atom is -0.399 e. The van der Waals surface area contributed by atoms with Crippen LogP contribution in [0.3, 0.4) is 0 Å². The largest absolute Gasteiger partial charge is 0.399 e. The van der Waals surface area contributed by atoms with Gasteiger partial charge in [-0.2, -0.15) is 0 Å². The van der Waals surface area contributed by atoms with Gasteiger partial charge in [-0.3, -0.25) is 4.79 Å². The zero-order valence-electron chi connectivity index (χ0n) is 12.8. The molecule has 20 heavy (non-hydrogen) atoms. The van der Waals surface area contributed by atoms with Gasteiger partial charge in [0.05, 0.1) is 0 Å². The van der Waals surface area contributed by atoms with Crippen LogP contribution in [0.15, 0.2) is 24.3 Å². The van der Waals surface area contributed by atoms with Crippen molar-refractivity contribution >= 4 is 11.6 Å². The Morgan fingerprint density at radius 1 is 1.35 bits per heavy atom. The highest BCUT2D eigenvalue weighted by atomic mass is 16.2. The van der Waals surface area contributed by atoms with Gasteiger partial charge in [0.1, 0.15) is 0 Å². The van der Waals surface area contributed by atoms with Crippen LogP contribution in [-0.2, 0) is 4.79 Å². The Balaban J connectivity index is 1.95. The smallest absolute Gasteiger partial charge is 0.223 e.